The van der Waals surface area contributed by atoms with Crippen molar-refractivity contribution in [3.05, 3.63) is 94.6 Å². The summed E-state index contributed by atoms with van der Waals surface area (Å²) in [5.74, 6) is -1.06. The van der Waals surface area contributed by atoms with Crippen LogP contribution in [0, 0.1) is 0 Å². The van der Waals surface area contributed by atoms with E-state index in [2.05, 4.69) is 12.7 Å². The summed E-state index contributed by atoms with van der Waals surface area (Å²) in [4.78, 5) is 23.0. The molecule has 0 radical (unpaired) electrons. The van der Waals surface area contributed by atoms with Gasteiger partial charge in [0.25, 0.3) is 0 Å². The van der Waals surface area contributed by atoms with Crippen molar-refractivity contribution < 1.29 is 14.7 Å². The highest BCUT2D eigenvalue weighted by Crippen LogP contribution is 2.36. The van der Waals surface area contributed by atoms with E-state index >= 15 is 0 Å². The third-order valence-electron chi connectivity index (χ3n) is 3.85. The van der Waals surface area contributed by atoms with Crippen molar-refractivity contribution in [2.45, 2.75) is 6.42 Å². The topological polar surface area (TPSA) is 54.4 Å². The maximum atomic E-state index is 12.2. The van der Waals surface area contributed by atoms with E-state index in [1.54, 1.807) is 30.3 Å². The lowest BCUT2D eigenvalue weighted by Crippen LogP contribution is -1.95. The minimum atomic E-state index is -0.966. The predicted octanol–water partition coefficient (Wildman–Crippen LogP) is 4.62. The Morgan fingerprint density at radius 1 is 0.917 bits per heavy atom. The molecule has 2 aromatic carbocycles. The Morgan fingerprint density at radius 3 is 2.00 bits per heavy atom. The van der Waals surface area contributed by atoms with Crippen LogP contribution in [0.2, 0.25) is 0 Å². The molecule has 3 nitrogen and oxygen atoms in total. The predicted molar refractivity (Wildman–Crippen MR) is 94.9 cm³/mol. The largest absolute Gasteiger partial charge is 0.478 e. The van der Waals surface area contributed by atoms with Gasteiger partial charge >= 0.3 is 5.97 Å². The number of carboxylic acid groups (broad SMARTS) is 1. The summed E-state index contributed by atoms with van der Waals surface area (Å²) in [7, 11) is 0. The molecule has 0 amide bonds. The molecule has 0 heterocycles. The van der Waals surface area contributed by atoms with Gasteiger partial charge in [-0.15, -0.1) is 0 Å². The van der Waals surface area contributed by atoms with E-state index in [1.165, 1.54) is 29.4 Å². The van der Waals surface area contributed by atoms with E-state index in [0.29, 0.717) is 5.56 Å². The Hall–Kier alpha value is -3.20. The number of carboxylic acids is 1. The SMILES string of the molecule is C=C1CC1=Cc1ccc(C(=O)/C=C/c2ccc(C(=O)O)cc2)cc1. The van der Waals surface area contributed by atoms with Crippen molar-refractivity contribution >= 4 is 23.9 Å². The van der Waals surface area contributed by atoms with Gasteiger partial charge in [0.2, 0.25) is 0 Å². The first-order valence-electron chi connectivity index (χ1n) is 7.57. The van der Waals surface area contributed by atoms with Crippen molar-refractivity contribution in [3.8, 4) is 0 Å². The normalized spacial score (nSPS) is 15.0. The summed E-state index contributed by atoms with van der Waals surface area (Å²) >= 11 is 0. The standard InChI is InChI=1S/C21H16O3/c1-14-12-19(14)13-16-4-7-17(8-5-16)20(22)11-6-15-2-9-18(10-3-15)21(23)24/h2-11,13H,1,12H2,(H,23,24)/b11-6+,19-13?. The first-order chi connectivity index (χ1) is 11.5. The lowest BCUT2D eigenvalue weighted by Gasteiger charge is -1.98. The Labute approximate surface area is 140 Å². The lowest BCUT2D eigenvalue weighted by molar-refractivity contribution is 0.0696. The minimum Gasteiger partial charge on any atom is -0.478 e. The van der Waals surface area contributed by atoms with Crippen molar-refractivity contribution in [3.63, 3.8) is 0 Å². The van der Waals surface area contributed by atoms with Gasteiger partial charge in [-0.25, -0.2) is 4.79 Å². The van der Waals surface area contributed by atoms with E-state index in [0.717, 1.165) is 17.5 Å². The number of aromatic carboxylic acids is 1. The molecule has 0 saturated heterocycles. The molecule has 118 valence electrons. The summed E-state index contributed by atoms with van der Waals surface area (Å²) in [6, 6.07) is 13.8. The second-order valence-electron chi connectivity index (χ2n) is 5.70. The molecule has 0 spiro atoms. The third-order valence-corrected chi connectivity index (χ3v) is 3.85. The summed E-state index contributed by atoms with van der Waals surface area (Å²) in [5, 5.41) is 8.86. The van der Waals surface area contributed by atoms with Crippen LogP contribution < -0.4 is 0 Å². The minimum absolute atomic E-state index is 0.0904. The van der Waals surface area contributed by atoms with Crippen LogP contribution in [0.5, 0.6) is 0 Å². The van der Waals surface area contributed by atoms with E-state index in [1.807, 2.05) is 12.1 Å². The van der Waals surface area contributed by atoms with Crippen LogP contribution in [0.1, 0.15) is 38.3 Å². The van der Waals surface area contributed by atoms with Crippen LogP contribution in [-0.2, 0) is 0 Å². The van der Waals surface area contributed by atoms with E-state index in [9.17, 15) is 9.59 Å². The van der Waals surface area contributed by atoms with Crippen molar-refractivity contribution in [1.29, 1.82) is 0 Å². The summed E-state index contributed by atoms with van der Waals surface area (Å²) < 4.78 is 0. The molecule has 3 heteroatoms. The van der Waals surface area contributed by atoms with Crippen LogP contribution in [-0.4, -0.2) is 16.9 Å². The van der Waals surface area contributed by atoms with Gasteiger partial charge in [0, 0.05) is 5.56 Å². The fourth-order valence-electron chi connectivity index (χ4n) is 2.29. The Balaban J connectivity index is 1.67. The highest BCUT2D eigenvalue weighted by atomic mass is 16.4. The average Bonchev–Trinajstić information content (AvgIpc) is 3.28. The molecular formula is C21H16O3. The van der Waals surface area contributed by atoms with Gasteiger partial charge < -0.3 is 5.11 Å². The molecule has 1 fully saturated rings. The maximum Gasteiger partial charge on any atom is 0.335 e. The molecule has 24 heavy (non-hydrogen) atoms. The quantitative estimate of drug-likeness (QED) is 0.646. The number of carbonyl (C=O) groups is 2. The monoisotopic (exact) mass is 316 g/mol. The zero-order valence-electron chi connectivity index (χ0n) is 13.0. The molecule has 1 saturated carbocycles. The molecule has 0 bridgehead atoms. The smallest absolute Gasteiger partial charge is 0.335 e. The van der Waals surface area contributed by atoms with Gasteiger partial charge in [-0.05, 0) is 46.9 Å². The van der Waals surface area contributed by atoms with Crippen LogP contribution in [0.25, 0.3) is 12.2 Å². The van der Waals surface area contributed by atoms with Gasteiger partial charge in [0.05, 0.1) is 5.56 Å². The third kappa shape index (κ3) is 3.76. The van der Waals surface area contributed by atoms with Crippen LogP contribution >= 0.6 is 0 Å². The van der Waals surface area contributed by atoms with Gasteiger partial charge in [-0.3, -0.25) is 4.79 Å². The van der Waals surface area contributed by atoms with Crippen molar-refractivity contribution in [1.82, 2.24) is 0 Å². The van der Waals surface area contributed by atoms with Crippen molar-refractivity contribution in [2.75, 3.05) is 0 Å². The van der Waals surface area contributed by atoms with Gasteiger partial charge in [0.1, 0.15) is 0 Å². The van der Waals surface area contributed by atoms with Gasteiger partial charge in [-0.1, -0.05) is 55.1 Å². The van der Waals surface area contributed by atoms with Gasteiger partial charge in [0.15, 0.2) is 5.78 Å². The second-order valence-corrected chi connectivity index (χ2v) is 5.70. The highest BCUT2D eigenvalue weighted by molar-refractivity contribution is 6.06. The summed E-state index contributed by atoms with van der Waals surface area (Å²) in [6.45, 7) is 3.89. The second kappa shape index (κ2) is 6.50. The van der Waals surface area contributed by atoms with Crippen LogP contribution in [0.15, 0.2) is 72.3 Å². The molecule has 3 rings (SSSR count). The summed E-state index contributed by atoms with van der Waals surface area (Å²) in [6.07, 6.45) is 6.23. The summed E-state index contributed by atoms with van der Waals surface area (Å²) in [5.41, 5.74) is 5.12. The van der Waals surface area contributed by atoms with Crippen LogP contribution in [0.4, 0.5) is 0 Å². The van der Waals surface area contributed by atoms with E-state index in [4.69, 9.17) is 5.11 Å². The maximum absolute atomic E-state index is 12.2. The molecule has 0 unspecified atom stereocenters. The molecule has 1 aliphatic rings. The number of allylic oxidation sites excluding steroid dienone is 3. The molecule has 1 N–H and O–H groups in total. The molecule has 2 aromatic rings. The molecule has 0 aliphatic heterocycles. The number of hydrogen-bond donors (Lipinski definition) is 1. The molecule has 0 aromatic heterocycles. The highest BCUT2D eigenvalue weighted by Gasteiger charge is 2.17. The average molecular weight is 316 g/mol. The first kappa shape index (κ1) is 15.7. The van der Waals surface area contributed by atoms with Crippen LogP contribution in [0.3, 0.4) is 0 Å². The first-order valence-corrected chi connectivity index (χ1v) is 7.57. The number of carbonyl (C=O) groups excluding carboxylic acids is 1. The molecular weight excluding hydrogens is 300 g/mol. The number of hydrogen-bond acceptors (Lipinski definition) is 2. The molecule has 1 aliphatic carbocycles. The zero-order valence-corrected chi connectivity index (χ0v) is 13.0. The number of rotatable bonds is 5. The number of benzene rings is 2. The van der Waals surface area contributed by atoms with E-state index < -0.39 is 5.97 Å². The Kier molecular flexibility index (Phi) is 4.25. The number of ketones is 1. The van der Waals surface area contributed by atoms with Gasteiger partial charge in [-0.2, -0.15) is 0 Å². The molecule has 0 atom stereocenters. The van der Waals surface area contributed by atoms with E-state index in [-0.39, 0.29) is 11.3 Å². The fraction of sp³-hybridized carbons (Fsp3) is 0.0476. The Bertz CT molecular complexity index is 866. The van der Waals surface area contributed by atoms with Crippen molar-refractivity contribution in [2.24, 2.45) is 0 Å². The Morgan fingerprint density at radius 2 is 1.46 bits per heavy atom. The lowest BCUT2D eigenvalue weighted by atomic mass is 10.1. The fourth-order valence-corrected chi connectivity index (χ4v) is 2.29. The zero-order chi connectivity index (χ0) is 17.1.